The van der Waals surface area contributed by atoms with Gasteiger partial charge < -0.3 is 0 Å². The van der Waals surface area contributed by atoms with Gasteiger partial charge in [0.05, 0.1) is 6.07 Å². The number of rotatable bonds is 6. The van der Waals surface area contributed by atoms with Gasteiger partial charge in [0.1, 0.15) is 6.04 Å². The molecule has 1 aromatic rings. The topological polar surface area (TPSA) is 27.0 Å². The summed E-state index contributed by atoms with van der Waals surface area (Å²) in [6, 6.07) is 9.80. The van der Waals surface area contributed by atoms with Crippen molar-refractivity contribution in [3.63, 3.8) is 0 Å². The minimum Gasteiger partial charge on any atom is -0.284 e. The lowest BCUT2D eigenvalue weighted by atomic mass is 10.1. The standard InChI is InChI=1S/C14H19ClN2/c1-3-9-17(10-4-2)14(11-16)12-5-7-13(15)8-6-12/h5-8,14H,3-4,9-10H2,1-2H3. The van der Waals surface area contributed by atoms with E-state index in [4.69, 9.17) is 11.6 Å². The fourth-order valence-corrected chi connectivity index (χ4v) is 2.08. The first kappa shape index (κ1) is 14.0. The molecule has 2 nitrogen and oxygen atoms in total. The first-order chi connectivity index (χ1) is 8.22. The van der Waals surface area contributed by atoms with Crippen molar-refractivity contribution >= 4 is 11.6 Å². The van der Waals surface area contributed by atoms with Crippen LogP contribution in [0.25, 0.3) is 0 Å². The molecule has 0 aromatic heterocycles. The minimum absolute atomic E-state index is 0.160. The van der Waals surface area contributed by atoms with Gasteiger partial charge in [0.25, 0.3) is 0 Å². The molecule has 0 amide bonds. The molecule has 0 spiro atoms. The molecular formula is C14H19ClN2. The molecule has 0 saturated heterocycles. The van der Waals surface area contributed by atoms with E-state index in [-0.39, 0.29) is 6.04 Å². The van der Waals surface area contributed by atoms with Crippen LogP contribution in [0, 0.1) is 11.3 Å². The third-order valence-corrected chi connectivity index (χ3v) is 2.95. The Balaban J connectivity index is 2.88. The van der Waals surface area contributed by atoms with E-state index in [0.717, 1.165) is 31.5 Å². The number of hydrogen-bond acceptors (Lipinski definition) is 2. The highest BCUT2D eigenvalue weighted by molar-refractivity contribution is 6.30. The van der Waals surface area contributed by atoms with Gasteiger partial charge >= 0.3 is 0 Å². The van der Waals surface area contributed by atoms with E-state index in [1.807, 2.05) is 24.3 Å². The Kier molecular flexibility index (Phi) is 6.04. The largest absolute Gasteiger partial charge is 0.284 e. The molecule has 92 valence electrons. The molecule has 1 unspecified atom stereocenters. The predicted molar refractivity (Wildman–Crippen MR) is 72.0 cm³/mol. The van der Waals surface area contributed by atoms with E-state index >= 15 is 0 Å². The smallest absolute Gasteiger partial charge is 0.123 e. The molecule has 0 aliphatic heterocycles. The quantitative estimate of drug-likeness (QED) is 0.762. The molecule has 17 heavy (non-hydrogen) atoms. The normalized spacial score (nSPS) is 12.4. The molecule has 1 atom stereocenters. The zero-order valence-corrected chi connectivity index (χ0v) is 11.2. The summed E-state index contributed by atoms with van der Waals surface area (Å²) in [5.74, 6) is 0. The fraction of sp³-hybridized carbons (Fsp3) is 0.500. The fourth-order valence-electron chi connectivity index (χ4n) is 1.96. The van der Waals surface area contributed by atoms with Crippen LogP contribution >= 0.6 is 11.6 Å². The van der Waals surface area contributed by atoms with Crippen LogP contribution in [0.15, 0.2) is 24.3 Å². The number of hydrogen-bond donors (Lipinski definition) is 0. The Bertz CT molecular complexity index is 361. The Morgan fingerprint density at radius 1 is 1.18 bits per heavy atom. The first-order valence-corrected chi connectivity index (χ1v) is 6.49. The third kappa shape index (κ3) is 4.03. The number of halogens is 1. The maximum atomic E-state index is 9.35. The van der Waals surface area contributed by atoms with Crippen molar-refractivity contribution in [2.45, 2.75) is 32.7 Å². The molecular weight excluding hydrogens is 232 g/mol. The average molecular weight is 251 g/mol. The van der Waals surface area contributed by atoms with E-state index < -0.39 is 0 Å². The lowest BCUT2D eigenvalue weighted by Crippen LogP contribution is -2.29. The summed E-state index contributed by atoms with van der Waals surface area (Å²) in [5, 5.41) is 10.1. The van der Waals surface area contributed by atoms with Crippen molar-refractivity contribution in [1.29, 1.82) is 5.26 Å². The second kappa shape index (κ2) is 7.32. The van der Waals surface area contributed by atoms with Gasteiger partial charge in [0.2, 0.25) is 0 Å². The Morgan fingerprint density at radius 3 is 2.12 bits per heavy atom. The molecule has 3 heteroatoms. The van der Waals surface area contributed by atoms with E-state index in [1.165, 1.54) is 0 Å². The van der Waals surface area contributed by atoms with Gasteiger partial charge in [-0.25, -0.2) is 0 Å². The Morgan fingerprint density at radius 2 is 1.71 bits per heavy atom. The number of benzene rings is 1. The Hall–Kier alpha value is -1.04. The highest BCUT2D eigenvalue weighted by atomic mass is 35.5. The van der Waals surface area contributed by atoms with Gasteiger partial charge in [-0.1, -0.05) is 37.6 Å². The van der Waals surface area contributed by atoms with E-state index in [2.05, 4.69) is 24.8 Å². The van der Waals surface area contributed by atoms with E-state index in [1.54, 1.807) is 0 Å². The van der Waals surface area contributed by atoms with Crippen molar-refractivity contribution in [3.05, 3.63) is 34.9 Å². The lowest BCUT2D eigenvalue weighted by Gasteiger charge is -2.26. The molecule has 0 heterocycles. The highest BCUT2D eigenvalue weighted by Gasteiger charge is 2.18. The molecule has 0 N–H and O–H groups in total. The summed E-state index contributed by atoms with van der Waals surface area (Å²) in [6.45, 7) is 6.18. The third-order valence-electron chi connectivity index (χ3n) is 2.69. The van der Waals surface area contributed by atoms with Crippen LogP contribution in [0.3, 0.4) is 0 Å². The molecule has 1 aromatic carbocycles. The van der Waals surface area contributed by atoms with Crippen LogP contribution in [0.2, 0.25) is 5.02 Å². The molecule has 0 radical (unpaired) electrons. The van der Waals surface area contributed by atoms with Gasteiger partial charge in [-0.3, -0.25) is 4.90 Å². The van der Waals surface area contributed by atoms with Crippen LogP contribution in [0.5, 0.6) is 0 Å². The summed E-state index contributed by atoms with van der Waals surface area (Å²) >= 11 is 5.86. The van der Waals surface area contributed by atoms with Crippen molar-refractivity contribution in [3.8, 4) is 6.07 Å². The molecule has 0 aliphatic carbocycles. The van der Waals surface area contributed by atoms with Crippen LogP contribution in [0.1, 0.15) is 38.3 Å². The molecule has 0 fully saturated rings. The second-order valence-electron chi connectivity index (χ2n) is 4.12. The summed E-state index contributed by atoms with van der Waals surface area (Å²) in [6.07, 6.45) is 2.12. The van der Waals surface area contributed by atoms with Crippen molar-refractivity contribution < 1.29 is 0 Å². The van der Waals surface area contributed by atoms with Crippen molar-refractivity contribution in [2.24, 2.45) is 0 Å². The lowest BCUT2D eigenvalue weighted by molar-refractivity contribution is 0.236. The van der Waals surface area contributed by atoms with Gasteiger partial charge in [-0.15, -0.1) is 0 Å². The summed E-state index contributed by atoms with van der Waals surface area (Å²) in [7, 11) is 0. The van der Waals surface area contributed by atoms with Crippen molar-refractivity contribution in [2.75, 3.05) is 13.1 Å². The molecule has 0 saturated carbocycles. The zero-order valence-electron chi connectivity index (χ0n) is 10.5. The van der Waals surface area contributed by atoms with Crippen LogP contribution in [-0.4, -0.2) is 18.0 Å². The van der Waals surface area contributed by atoms with Gasteiger partial charge in [0.15, 0.2) is 0 Å². The maximum absolute atomic E-state index is 9.35. The number of nitriles is 1. The van der Waals surface area contributed by atoms with Gasteiger partial charge in [-0.05, 0) is 43.6 Å². The first-order valence-electron chi connectivity index (χ1n) is 6.12. The SMILES string of the molecule is CCCN(CCC)C(C#N)c1ccc(Cl)cc1. The van der Waals surface area contributed by atoms with E-state index in [9.17, 15) is 5.26 Å². The van der Waals surface area contributed by atoms with Crippen LogP contribution in [-0.2, 0) is 0 Å². The summed E-state index contributed by atoms with van der Waals surface area (Å²) in [5.41, 5.74) is 1.03. The minimum atomic E-state index is -0.160. The molecule has 1 rings (SSSR count). The second-order valence-corrected chi connectivity index (χ2v) is 4.56. The maximum Gasteiger partial charge on any atom is 0.123 e. The van der Waals surface area contributed by atoms with E-state index in [0.29, 0.717) is 5.02 Å². The zero-order chi connectivity index (χ0) is 12.7. The average Bonchev–Trinajstić information content (AvgIpc) is 2.33. The number of nitrogens with zero attached hydrogens (tertiary/aromatic N) is 2. The predicted octanol–water partition coefficient (Wildman–Crippen LogP) is 4.03. The molecule has 0 aliphatic rings. The monoisotopic (exact) mass is 250 g/mol. The van der Waals surface area contributed by atoms with Crippen LogP contribution in [0.4, 0.5) is 0 Å². The van der Waals surface area contributed by atoms with Gasteiger partial charge in [0, 0.05) is 5.02 Å². The van der Waals surface area contributed by atoms with Gasteiger partial charge in [-0.2, -0.15) is 5.26 Å². The highest BCUT2D eigenvalue weighted by Crippen LogP contribution is 2.22. The summed E-state index contributed by atoms with van der Waals surface area (Å²) < 4.78 is 0. The van der Waals surface area contributed by atoms with Crippen LogP contribution < -0.4 is 0 Å². The van der Waals surface area contributed by atoms with Crippen molar-refractivity contribution in [1.82, 2.24) is 4.90 Å². The summed E-state index contributed by atoms with van der Waals surface area (Å²) in [4.78, 5) is 2.23. The molecule has 0 bridgehead atoms. The Labute approximate surface area is 109 Å².